The van der Waals surface area contributed by atoms with E-state index in [9.17, 15) is 14.4 Å². The minimum absolute atomic E-state index is 0.162. The predicted octanol–water partition coefficient (Wildman–Crippen LogP) is 2.32. The SMILES string of the molecule is CCOC(=O)C1CCN(C(=O)C2(C)Sc3ccccc3N(C)C2=O)CC1. The first-order valence-electron chi connectivity index (χ1n) is 8.90. The summed E-state index contributed by atoms with van der Waals surface area (Å²) in [7, 11) is 1.71. The van der Waals surface area contributed by atoms with Crippen LogP contribution in [-0.4, -0.2) is 54.2 Å². The van der Waals surface area contributed by atoms with E-state index < -0.39 is 4.75 Å². The number of benzene rings is 1. The monoisotopic (exact) mass is 376 g/mol. The van der Waals surface area contributed by atoms with Gasteiger partial charge in [0.2, 0.25) is 5.91 Å². The van der Waals surface area contributed by atoms with Crippen LogP contribution < -0.4 is 4.90 Å². The summed E-state index contributed by atoms with van der Waals surface area (Å²) in [5.41, 5.74) is 0.828. The van der Waals surface area contributed by atoms with Crippen molar-refractivity contribution in [1.82, 2.24) is 4.90 Å². The van der Waals surface area contributed by atoms with Crippen LogP contribution in [0.25, 0.3) is 0 Å². The van der Waals surface area contributed by atoms with E-state index in [1.54, 1.807) is 30.7 Å². The van der Waals surface area contributed by atoms with Gasteiger partial charge in [0.1, 0.15) is 0 Å². The van der Waals surface area contributed by atoms with Crippen molar-refractivity contribution < 1.29 is 19.1 Å². The molecule has 2 aliphatic heterocycles. The van der Waals surface area contributed by atoms with Crippen LogP contribution in [0.1, 0.15) is 26.7 Å². The van der Waals surface area contributed by atoms with E-state index in [4.69, 9.17) is 4.74 Å². The first-order chi connectivity index (χ1) is 12.4. The molecule has 0 saturated carbocycles. The molecule has 1 aromatic rings. The number of carbonyl (C=O) groups excluding carboxylic acids is 3. The van der Waals surface area contributed by atoms with Gasteiger partial charge in [-0.3, -0.25) is 14.4 Å². The molecule has 6 nitrogen and oxygen atoms in total. The minimum Gasteiger partial charge on any atom is -0.466 e. The van der Waals surface area contributed by atoms with Crippen molar-refractivity contribution in [3.05, 3.63) is 24.3 Å². The maximum atomic E-state index is 13.2. The molecule has 1 unspecified atom stereocenters. The van der Waals surface area contributed by atoms with Gasteiger partial charge in [0.25, 0.3) is 5.91 Å². The van der Waals surface area contributed by atoms with Crippen LogP contribution in [0.2, 0.25) is 0 Å². The number of esters is 1. The third kappa shape index (κ3) is 3.20. The fraction of sp³-hybridized carbons (Fsp3) is 0.526. The van der Waals surface area contributed by atoms with Gasteiger partial charge in [-0.25, -0.2) is 0 Å². The number of thioether (sulfide) groups is 1. The lowest BCUT2D eigenvalue weighted by molar-refractivity contribution is -0.152. The van der Waals surface area contributed by atoms with Gasteiger partial charge in [-0.2, -0.15) is 0 Å². The number of carbonyl (C=O) groups is 3. The molecule has 0 radical (unpaired) electrons. The average molecular weight is 376 g/mol. The number of nitrogens with zero attached hydrogens (tertiary/aromatic N) is 2. The summed E-state index contributed by atoms with van der Waals surface area (Å²) in [6.07, 6.45) is 1.15. The van der Waals surface area contributed by atoms with Crippen LogP contribution in [0, 0.1) is 5.92 Å². The van der Waals surface area contributed by atoms with Gasteiger partial charge < -0.3 is 14.5 Å². The lowest BCUT2D eigenvalue weighted by atomic mass is 9.95. The van der Waals surface area contributed by atoms with Gasteiger partial charge in [-0.1, -0.05) is 23.9 Å². The number of para-hydroxylation sites is 1. The molecule has 1 atom stereocenters. The average Bonchev–Trinajstić information content (AvgIpc) is 2.66. The zero-order chi connectivity index (χ0) is 18.9. The van der Waals surface area contributed by atoms with Crippen molar-refractivity contribution in [3.63, 3.8) is 0 Å². The highest BCUT2D eigenvalue weighted by molar-refractivity contribution is 8.02. The van der Waals surface area contributed by atoms with E-state index in [0.29, 0.717) is 32.5 Å². The number of fused-ring (bicyclic) bond motifs is 1. The Bertz CT molecular complexity index is 730. The van der Waals surface area contributed by atoms with Crippen LogP contribution in [0.3, 0.4) is 0 Å². The lowest BCUT2D eigenvalue weighted by Gasteiger charge is -2.41. The summed E-state index contributed by atoms with van der Waals surface area (Å²) in [5, 5.41) is 0. The van der Waals surface area contributed by atoms with Crippen LogP contribution in [0.5, 0.6) is 0 Å². The second-order valence-corrected chi connectivity index (χ2v) is 8.25. The highest BCUT2D eigenvalue weighted by Crippen LogP contribution is 2.45. The Hall–Kier alpha value is -2.02. The molecular weight excluding hydrogens is 352 g/mol. The number of hydrogen-bond donors (Lipinski definition) is 0. The summed E-state index contributed by atoms with van der Waals surface area (Å²) in [6.45, 7) is 4.80. The Kier molecular flexibility index (Phi) is 5.27. The molecule has 26 heavy (non-hydrogen) atoms. The van der Waals surface area contributed by atoms with E-state index in [2.05, 4.69) is 0 Å². The first kappa shape index (κ1) is 18.8. The van der Waals surface area contributed by atoms with Crippen LogP contribution in [-0.2, 0) is 19.1 Å². The smallest absolute Gasteiger partial charge is 0.309 e. The van der Waals surface area contributed by atoms with Crippen molar-refractivity contribution in [2.24, 2.45) is 5.92 Å². The second kappa shape index (κ2) is 7.31. The van der Waals surface area contributed by atoms with Crippen molar-refractivity contribution >= 4 is 35.2 Å². The van der Waals surface area contributed by atoms with Gasteiger partial charge in [0.05, 0.1) is 18.2 Å². The molecule has 2 heterocycles. The fourth-order valence-corrected chi connectivity index (χ4v) is 4.87. The summed E-state index contributed by atoms with van der Waals surface area (Å²) >= 11 is 1.31. The molecule has 0 aliphatic carbocycles. The molecular formula is C19H24N2O4S. The summed E-state index contributed by atoms with van der Waals surface area (Å²) < 4.78 is 3.90. The van der Waals surface area contributed by atoms with Gasteiger partial charge in [0, 0.05) is 25.0 Å². The van der Waals surface area contributed by atoms with E-state index in [1.807, 2.05) is 24.3 Å². The van der Waals surface area contributed by atoms with Crippen molar-refractivity contribution in [3.8, 4) is 0 Å². The second-order valence-electron chi connectivity index (χ2n) is 6.79. The number of rotatable bonds is 3. The zero-order valence-electron chi connectivity index (χ0n) is 15.4. The molecule has 0 bridgehead atoms. The van der Waals surface area contributed by atoms with Gasteiger partial charge >= 0.3 is 5.97 Å². The third-order valence-corrected chi connectivity index (χ3v) is 6.39. The molecule has 0 spiro atoms. The largest absolute Gasteiger partial charge is 0.466 e. The van der Waals surface area contributed by atoms with E-state index >= 15 is 0 Å². The number of hydrogen-bond acceptors (Lipinski definition) is 5. The summed E-state index contributed by atoms with van der Waals surface area (Å²) in [6, 6.07) is 7.61. The van der Waals surface area contributed by atoms with Crippen molar-refractivity contribution in [1.29, 1.82) is 0 Å². The standard InChI is InChI=1S/C19H24N2O4S/c1-4-25-16(22)13-9-11-21(12-10-13)18(24)19(2)17(23)20(3)14-7-5-6-8-15(14)26-19/h5-8,13H,4,9-12H2,1-3H3. The highest BCUT2D eigenvalue weighted by atomic mass is 32.2. The molecule has 0 aromatic heterocycles. The maximum Gasteiger partial charge on any atom is 0.309 e. The maximum absolute atomic E-state index is 13.2. The number of anilines is 1. The molecule has 1 saturated heterocycles. The molecule has 140 valence electrons. The molecule has 2 amide bonds. The topological polar surface area (TPSA) is 66.9 Å². The third-order valence-electron chi connectivity index (χ3n) is 5.06. The van der Waals surface area contributed by atoms with Crippen LogP contribution in [0.4, 0.5) is 5.69 Å². The fourth-order valence-electron chi connectivity index (χ4n) is 3.53. The summed E-state index contributed by atoms with van der Waals surface area (Å²) in [4.78, 5) is 42.2. The van der Waals surface area contributed by atoms with Gasteiger partial charge in [-0.15, -0.1) is 0 Å². The molecule has 7 heteroatoms. The minimum atomic E-state index is -1.18. The Balaban J connectivity index is 1.74. The van der Waals surface area contributed by atoms with E-state index in [1.165, 1.54) is 11.8 Å². The quantitative estimate of drug-likeness (QED) is 0.598. The Labute approximate surface area is 157 Å². The molecule has 2 aliphatic rings. The van der Waals surface area contributed by atoms with Crippen molar-refractivity contribution in [2.45, 2.75) is 36.3 Å². The van der Waals surface area contributed by atoms with E-state index in [-0.39, 0.29) is 23.7 Å². The van der Waals surface area contributed by atoms with Crippen LogP contribution >= 0.6 is 11.8 Å². The van der Waals surface area contributed by atoms with E-state index in [0.717, 1.165) is 10.6 Å². The molecule has 0 N–H and O–H groups in total. The predicted molar refractivity (Wildman–Crippen MR) is 100 cm³/mol. The normalized spacial score (nSPS) is 23.6. The first-order valence-corrected chi connectivity index (χ1v) is 9.72. The number of likely N-dealkylation sites (tertiary alicyclic amines) is 1. The molecule has 1 aromatic carbocycles. The number of ether oxygens (including phenoxy) is 1. The molecule has 1 fully saturated rings. The number of amides is 2. The molecule has 3 rings (SSSR count). The Morgan fingerprint density at radius 1 is 1.27 bits per heavy atom. The van der Waals surface area contributed by atoms with Gasteiger partial charge in [0.15, 0.2) is 4.75 Å². The van der Waals surface area contributed by atoms with Gasteiger partial charge in [-0.05, 0) is 38.8 Å². The highest BCUT2D eigenvalue weighted by Gasteiger charge is 2.50. The summed E-state index contributed by atoms with van der Waals surface area (Å²) in [5.74, 6) is -0.748. The Morgan fingerprint density at radius 3 is 2.58 bits per heavy atom. The zero-order valence-corrected chi connectivity index (χ0v) is 16.2. The van der Waals surface area contributed by atoms with Crippen molar-refractivity contribution in [2.75, 3.05) is 31.6 Å². The lowest BCUT2D eigenvalue weighted by Crippen LogP contribution is -2.57. The van der Waals surface area contributed by atoms with Crippen LogP contribution in [0.15, 0.2) is 29.2 Å². The number of piperidine rings is 1. The Morgan fingerprint density at radius 2 is 1.92 bits per heavy atom.